The van der Waals surface area contributed by atoms with Crippen LogP contribution in [0.4, 0.5) is 0 Å². The second-order valence-electron chi connectivity index (χ2n) is 14.3. The number of rotatable bonds is 6. The van der Waals surface area contributed by atoms with Crippen molar-refractivity contribution in [2.24, 2.45) is 15.9 Å². The van der Waals surface area contributed by atoms with Gasteiger partial charge < -0.3 is 8.83 Å². The SMILES string of the molecule is CCC1CC(c2ccccc2)=NC(c2ccc(-c3ccccc3)cc2)=NC1c1ccc2c3c(oc2c1)C=CC(c1cccc2c1oc1ccccc12)C3. The molecular formula is C49H38N2O2. The van der Waals surface area contributed by atoms with Crippen LogP contribution in [0.15, 0.2) is 170 Å². The minimum Gasteiger partial charge on any atom is -0.456 e. The van der Waals surface area contributed by atoms with Gasteiger partial charge in [0.25, 0.3) is 0 Å². The summed E-state index contributed by atoms with van der Waals surface area (Å²) in [5.41, 5.74) is 12.0. The van der Waals surface area contributed by atoms with Crippen LogP contribution in [0.5, 0.6) is 0 Å². The molecule has 1 aliphatic heterocycles. The summed E-state index contributed by atoms with van der Waals surface area (Å²) >= 11 is 0. The summed E-state index contributed by atoms with van der Waals surface area (Å²) in [5.74, 6) is 2.17. The highest BCUT2D eigenvalue weighted by atomic mass is 16.3. The number of para-hydroxylation sites is 2. The summed E-state index contributed by atoms with van der Waals surface area (Å²) < 4.78 is 13.0. The Bertz CT molecular complexity index is 2710. The van der Waals surface area contributed by atoms with Gasteiger partial charge in [0, 0.05) is 38.8 Å². The van der Waals surface area contributed by atoms with E-state index in [2.05, 4.69) is 159 Å². The topological polar surface area (TPSA) is 51.0 Å². The zero-order valence-electron chi connectivity index (χ0n) is 29.6. The fourth-order valence-electron chi connectivity index (χ4n) is 8.39. The zero-order chi connectivity index (χ0) is 35.3. The van der Waals surface area contributed by atoms with Gasteiger partial charge >= 0.3 is 0 Å². The van der Waals surface area contributed by atoms with E-state index in [0.717, 1.165) is 75.4 Å². The van der Waals surface area contributed by atoms with Crippen LogP contribution in [0, 0.1) is 5.92 Å². The number of hydrogen-bond acceptors (Lipinski definition) is 4. The lowest BCUT2D eigenvalue weighted by Crippen LogP contribution is -2.14. The third kappa shape index (κ3) is 5.62. The van der Waals surface area contributed by atoms with Crippen molar-refractivity contribution in [1.29, 1.82) is 0 Å². The first-order valence-electron chi connectivity index (χ1n) is 18.7. The average molecular weight is 687 g/mol. The Morgan fingerprint density at radius 3 is 2.13 bits per heavy atom. The highest BCUT2D eigenvalue weighted by molar-refractivity contribution is 6.13. The van der Waals surface area contributed by atoms with Crippen LogP contribution in [0.3, 0.4) is 0 Å². The number of allylic oxidation sites excluding steroid dienone is 1. The maximum Gasteiger partial charge on any atom is 0.155 e. The molecule has 3 unspecified atom stereocenters. The molecule has 0 spiro atoms. The lowest BCUT2D eigenvalue weighted by molar-refractivity contribution is 0.437. The molecule has 3 atom stereocenters. The normalized spacial score (nSPS) is 18.5. The maximum absolute atomic E-state index is 6.61. The molecule has 4 heteroatoms. The van der Waals surface area contributed by atoms with Crippen molar-refractivity contribution in [2.75, 3.05) is 0 Å². The number of amidine groups is 1. The molecule has 0 saturated heterocycles. The molecule has 2 aliphatic rings. The Labute approximate surface area is 308 Å². The molecule has 3 heterocycles. The average Bonchev–Trinajstić information content (AvgIpc) is 3.72. The fraction of sp³-hybridized carbons (Fsp3) is 0.143. The summed E-state index contributed by atoms with van der Waals surface area (Å²) in [7, 11) is 0. The van der Waals surface area contributed by atoms with E-state index >= 15 is 0 Å². The molecule has 6 aromatic carbocycles. The number of aliphatic imine (C=N–C) groups is 2. The Morgan fingerprint density at radius 1 is 0.604 bits per heavy atom. The molecule has 1 aliphatic carbocycles. The molecule has 0 N–H and O–H groups in total. The van der Waals surface area contributed by atoms with Crippen molar-refractivity contribution in [1.82, 2.24) is 0 Å². The van der Waals surface area contributed by atoms with Crippen LogP contribution < -0.4 is 0 Å². The summed E-state index contributed by atoms with van der Waals surface area (Å²) in [6, 6.07) is 51.3. The van der Waals surface area contributed by atoms with E-state index < -0.39 is 0 Å². The Morgan fingerprint density at radius 2 is 1.32 bits per heavy atom. The van der Waals surface area contributed by atoms with Crippen LogP contribution in [-0.2, 0) is 6.42 Å². The van der Waals surface area contributed by atoms with Gasteiger partial charge in [0.2, 0.25) is 0 Å². The second-order valence-corrected chi connectivity index (χ2v) is 14.3. The smallest absolute Gasteiger partial charge is 0.155 e. The predicted molar refractivity (Wildman–Crippen MR) is 218 cm³/mol. The molecule has 53 heavy (non-hydrogen) atoms. The minimum atomic E-state index is -0.0748. The van der Waals surface area contributed by atoms with Gasteiger partial charge in [-0.05, 0) is 59.2 Å². The van der Waals surface area contributed by atoms with Gasteiger partial charge in [-0.2, -0.15) is 0 Å². The molecule has 0 amide bonds. The monoisotopic (exact) mass is 686 g/mol. The van der Waals surface area contributed by atoms with Gasteiger partial charge in [0.15, 0.2) is 5.84 Å². The van der Waals surface area contributed by atoms with Crippen molar-refractivity contribution >= 4 is 50.5 Å². The number of hydrogen-bond donors (Lipinski definition) is 0. The maximum atomic E-state index is 6.61. The van der Waals surface area contributed by atoms with E-state index in [4.69, 9.17) is 18.8 Å². The van der Waals surface area contributed by atoms with Crippen LogP contribution in [0.2, 0.25) is 0 Å². The van der Waals surface area contributed by atoms with E-state index in [1.165, 1.54) is 33.0 Å². The number of nitrogens with zero attached hydrogens (tertiary/aromatic N) is 2. The van der Waals surface area contributed by atoms with Gasteiger partial charge in [-0.1, -0.05) is 153 Å². The van der Waals surface area contributed by atoms with Gasteiger partial charge in [0.1, 0.15) is 22.5 Å². The van der Waals surface area contributed by atoms with Crippen LogP contribution in [0.1, 0.15) is 65.3 Å². The second kappa shape index (κ2) is 13.1. The highest BCUT2D eigenvalue weighted by Gasteiger charge is 2.30. The standard InChI is InChI=1S/C49H38N2O2/c1-2-31-29-43(34-14-7-4-8-15-34)50-49(35-22-20-33(21-23-35)32-12-5-3-6-13-32)51-47(31)37-24-26-40-42-28-36(25-27-45(42)52-46(40)30-37)38-17-11-18-41-39-16-9-10-19-44(39)53-48(38)41/h3-27,30-31,36,47H,2,28-29H2,1H3. The largest absolute Gasteiger partial charge is 0.456 e. The van der Waals surface area contributed by atoms with Crippen molar-refractivity contribution in [3.8, 4) is 11.1 Å². The quantitative estimate of drug-likeness (QED) is 0.175. The first kappa shape index (κ1) is 31.5. The summed E-state index contributed by atoms with van der Waals surface area (Å²) in [5, 5.41) is 3.49. The molecule has 2 aromatic heterocycles. The summed E-state index contributed by atoms with van der Waals surface area (Å²) in [6.07, 6.45) is 7.09. The lowest BCUT2D eigenvalue weighted by Gasteiger charge is -2.22. The van der Waals surface area contributed by atoms with E-state index in [0.29, 0.717) is 0 Å². The third-order valence-corrected chi connectivity index (χ3v) is 11.2. The number of fused-ring (bicyclic) bond motifs is 6. The van der Waals surface area contributed by atoms with Gasteiger partial charge in [0.05, 0.1) is 11.8 Å². The first-order chi connectivity index (χ1) is 26.2. The van der Waals surface area contributed by atoms with Crippen molar-refractivity contribution < 1.29 is 8.83 Å². The number of furan rings is 2. The van der Waals surface area contributed by atoms with E-state index in [1.807, 2.05) is 6.07 Å². The van der Waals surface area contributed by atoms with Crippen molar-refractivity contribution in [2.45, 2.75) is 38.1 Å². The Kier molecular flexibility index (Phi) is 7.75. The Hall–Kier alpha value is -6.26. The van der Waals surface area contributed by atoms with E-state index in [1.54, 1.807) is 0 Å². The number of benzene rings is 6. The van der Waals surface area contributed by atoms with E-state index in [-0.39, 0.29) is 17.9 Å². The van der Waals surface area contributed by atoms with Gasteiger partial charge in [-0.15, -0.1) is 0 Å². The predicted octanol–water partition coefficient (Wildman–Crippen LogP) is 12.8. The molecule has 8 aromatic rings. The van der Waals surface area contributed by atoms with Crippen molar-refractivity contribution in [3.63, 3.8) is 0 Å². The molecule has 0 bridgehead atoms. The molecule has 10 rings (SSSR count). The van der Waals surface area contributed by atoms with Crippen LogP contribution in [-0.4, -0.2) is 11.5 Å². The molecular weight excluding hydrogens is 649 g/mol. The lowest BCUT2D eigenvalue weighted by atomic mass is 9.84. The molecule has 0 radical (unpaired) electrons. The minimum absolute atomic E-state index is 0.0748. The fourth-order valence-corrected chi connectivity index (χ4v) is 8.39. The molecule has 256 valence electrons. The Balaban J connectivity index is 1.01. The molecule has 4 nitrogen and oxygen atoms in total. The highest BCUT2D eigenvalue weighted by Crippen LogP contribution is 2.43. The van der Waals surface area contributed by atoms with Gasteiger partial charge in [-0.3, -0.25) is 4.99 Å². The molecule has 0 saturated carbocycles. The molecule has 0 fully saturated rings. The third-order valence-electron chi connectivity index (χ3n) is 11.2. The van der Waals surface area contributed by atoms with Gasteiger partial charge in [-0.25, -0.2) is 4.99 Å². The summed E-state index contributed by atoms with van der Waals surface area (Å²) in [6.45, 7) is 2.27. The zero-order valence-corrected chi connectivity index (χ0v) is 29.6. The summed E-state index contributed by atoms with van der Waals surface area (Å²) in [4.78, 5) is 10.8. The van der Waals surface area contributed by atoms with Crippen LogP contribution in [0.25, 0.3) is 50.1 Å². The van der Waals surface area contributed by atoms with Crippen LogP contribution >= 0.6 is 0 Å². The first-order valence-corrected chi connectivity index (χ1v) is 18.7. The van der Waals surface area contributed by atoms with Crippen molar-refractivity contribution in [3.05, 3.63) is 185 Å². The van der Waals surface area contributed by atoms with E-state index in [9.17, 15) is 0 Å².